The lowest BCUT2D eigenvalue weighted by atomic mass is 10.3. The first kappa shape index (κ1) is 11.8. The van der Waals surface area contributed by atoms with Crippen LogP contribution in [-0.4, -0.2) is 12.0 Å². The van der Waals surface area contributed by atoms with Crippen LogP contribution in [0.1, 0.15) is 0 Å². The molecule has 0 spiro atoms. The molecule has 16 heavy (non-hydrogen) atoms. The number of allylic oxidation sites excluding steroid dienone is 3. The number of hydrogen-bond acceptors (Lipinski definition) is 3. The molecule has 3 nitrogen and oxygen atoms in total. The van der Waals surface area contributed by atoms with Crippen LogP contribution >= 0.6 is 0 Å². The summed E-state index contributed by atoms with van der Waals surface area (Å²) < 4.78 is 13.0. The zero-order valence-electron chi connectivity index (χ0n) is 8.39. The van der Waals surface area contributed by atoms with E-state index in [1.165, 1.54) is 24.3 Å². The highest BCUT2D eigenvalue weighted by atomic mass is 19.1. The topological polar surface area (TPSA) is 52.5 Å². The fourth-order valence-electron chi connectivity index (χ4n) is 0.901. The van der Waals surface area contributed by atoms with Crippen molar-refractivity contribution in [2.45, 2.75) is 0 Å². The van der Waals surface area contributed by atoms with Crippen molar-refractivity contribution in [3.63, 3.8) is 0 Å². The van der Waals surface area contributed by atoms with Gasteiger partial charge in [0.25, 0.3) is 0 Å². The first-order valence-corrected chi connectivity index (χ1v) is 4.46. The maximum absolute atomic E-state index is 13.0. The highest BCUT2D eigenvalue weighted by Gasteiger charge is 1.94. The van der Waals surface area contributed by atoms with E-state index < -0.39 is 11.6 Å². The average Bonchev–Trinajstić information content (AvgIpc) is 2.28. The molecule has 0 N–H and O–H groups in total. The highest BCUT2D eigenvalue weighted by Crippen LogP contribution is 2.14. The normalized spacial score (nSPS) is 11.7. The lowest BCUT2D eigenvalue weighted by Crippen LogP contribution is -1.88. The fraction of sp³-hybridized carbons (Fsp3) is 0. The number of rotatable bonds is 4. The van der Waals surface area contributed by atoms with Crippen LogP contribution in [0.3, 0.4) is 0 Å². The smallest absolute Gasteiger partial charge is 0.181 e. The van der Waals surface area contributed by atoms with Gasteiger partial charge in [-0.1, -0.05) is 18.7 Å². The van der Waals surface area contributed by atoms with Crippen molar-refractivity contribution < 1.29 is 14.3 Å². The van der Waals surface area contributed by atoms with Gasteiger partial charge in [-0.3, -0.25) is 9.79 Å². The molecule has 4 heteroatoms. The van der Waals surface area contributed by atoms with Crippen LogP contribution < -0.4 is 5.11 Å². The van der Waals surface area contributed by atoms with E-state index in [1.54, 1.807) is 0 Å². The second-order valence-electron chi connectivity index (χ2n) is 2.89. The molecule has 0 fully saturated rings. The molecule has 0 unspecified atom stereocenters. The van der Waals surface area contributed by atoms with E-state index in [2.05, 4.69) is 11.6 Å². The minimum atomic E-state index is -0.767. The fourth-order valence-corrected chi connectivity index (χ4v) is 0.901. The summed E-state index contributed by atoms with van der Waals surface area (Å²) in [5.41, 5.74) is 0.439. The van der Waals surface area contributed by atoms with E-state index in [1.807, 2.05) is 0 Å². The van der Waals surface area contributed by atoms with Gasteiger partial charge in [0.15, 0.2) is 5.78 Å². The summed E-state index contributed by atoms with van der Waals surface area (Å²) in [6.45, 7) is 3.20. The summed E-state index contributed by atoms with van der Waals surface area (Å²) in [7, 11) is 0. The number of ketones is 1. The van der Waals surface area contributed by atoms with E-state index in [0.29, 0.717) is 5.69 Å². The van der Waals surface area contributed by atoms with E-state index in [0.717, 1.165) is 18.4 Å². The lowest BCUT2D eigenvalue weighted by Gasteiger charge is -2.02. The van der Waals surface area contributed by atoms with Gasteiger partial charge in [0.1, 0.15) is 5.83 Å². The van der Waals surface area contributed by atoms with Crippen molar-refractivity contribution in [1.82, 2.24) is 0 Å². The molecule has 1 aromatic rings. The molecule has 0 radical (unpaired) electrons. The molecule has 0 saturated carbocycles. The average molecular weight is 218 g/mol. The van der Waals surface area contributed by atoms with Gasteiger partial charge in [0, 0.05) is 6.08 Å². The van der Waals surface area contributed by atoms with Crippen molar-refractivity contribution in [1.29, 1.82) is 0 Å². The van der Waals surface area contributed by atoms with Crippen LogP contribution in [0, 0.1) is 0 Å². The first-order chi connectivity index (χ1) is 7.61. The molecular weight excluding hydrogens is 209 g/mol. The minimum absolute atomic E-state index is 0.142. The second kappa shape index (κ2) is 5.60. The van der Waals surface area contributed by atoms with Crippen LogP contribution in [0.5, 0.6) is 5.75 Å². The van der Waals surface area contributed by atoms with E-state index in [-0.39, 0.29) is 5.75 Å². The van der Waals surface area contributed by atoms with Crippen LogP contribution in [0.2, 0.25) is 0 Å². The van der Waals surface area contributed by atoms with Crippen molar-refractivity contribution in [3.05, 3.63) is 48.8 Å². The summed E-state index contributed by atoms with van der Waals surface area (Å²) in [6.07, 6.45) is 2.68. The van der Waals surface area contributed by atoms with Crippen LogP contribution in [-0.2, 0) is 4.79 Å². The SMILES string of the molecule is C=CC(=O)/C=C(\F)C=Nc1ccc([O-])cc1. The molecule has 0 amide bonds. The van der Waals surface area contributed by atoms with Gasteiger partial charge in [-0.25, -0.2) is 4.39 Å². The summed E-state index contributed by atoms with van der Waals surface area (Å²) in [6, 6.07) is 5.56. The quantitative estimate of drug-likeness (QED) is 0.573. The van der Waals surface area contributed by atoms with Gasteiger partial charge < -0.3 is 5.11 Å². The van der Waals surface area contributed by atoms with Crippen LogP contribution in [0.4, 0.5) is 10.1 Å². The molecular formula is C12H9FNO2-. The number of nitrogens with zero attached hydrogens (tertiary/aromatic N) is 1. The third-order valence-electron chi connectivity index (χ3n) is 1.66. The molecule has 0 aliphatic rings. The molecule has 0 aromatic heterocycles. The first-order valence-electron chi connectivity index (χ1n) is 4.46. The van der Waals surface area contributed by atoms with E-state index >= 15 is 0 Å². The van der Waals surface area contributed by atoms with Crippen molar-refractivity contribution in [3.8, 4) is 5.75 Å². The van der Waals surface area contributed by atoms with Gasteiger partial charge in [0.2, 0.25) is 0 Å². The minimum Gasteiger partial charge on any atom is -0.872 e. The number of carbonyl (C=O) groups is 1. The summed E-state index contributed by atoms with van der Waals surface area (Å²) >= 11 is 0. The van der Waals surface area contributed by atoms with Gasteiger partial charge in [-0.05, 0) is 18.2 Å². The molecule has 0 aliphatic heterocycles. The summed E-state index contributed by atoms with van der Waals surface area (Å²) in [4.78, 5) is 14.5. The molecule has 0 heterocycles. The number of carbonyl (C=O) groups excluding carboxylic acids is 1. The van der Waals surface area contributed by atoms with Gasteiger partial charge >= 0.3 is 0 Å². The standard InChI is InChI=1S/C12H10FNO2/c1-2-11(15)7-9(13)8-14-10-3-5-12(16)6-4-10/h2-8,16H,1H2/p-1/b9-7-,14-8?. The predicted molar refractivity (Wildman–Crippen MR) is 58.4 cm³/mol. The third-order valence-corrected chi connectivity index (χ3v) is 1.66. The number of halogens is 1. The largest absolute Gasteiger partial charge is 0.872 e. The predicted octanol–water partition coefficient (Wildman–Crippen LogP) is 2.07. The van der Waals surface area contributed by atoms with Crippen molar-refractivity contribution in [2.75, 3.05) is 0 Å². The van der Waals surface area contributed by atoms with Gasteiger partial charge in [-0.2, -0.15) is 0 Å². The Morgan fingerprint density at radius 3 is 2.56 bits per heavy atom. The molecule has 0 aliphatic carbocycles. The monoisotopic (exact) mass is 218 g/mol. The molecule has 0 saturated heterocycles. The van der Waals surface area contributed by atoms with Crippen LogP contribution in [0.15, 0.2) is 53.8 Å². The Balaban J connectivity index is 2.73. The second-order valence-corrected chi connectivity index (χ2v) is 2.89. The van der Waals surface area contributed by atoms with Crippen LogP contribution in [0.25, 0.3) is 0 Å². The Morgan fingerprint density at radius 2 is 2.00 bits per heavy atom. The van der Waals surface area contributed by atoms with Crippen molar-refractivity contribution >= 4 is 17.7 Å². The van der Waals surface area contributed by atoms with Gasteiger partial charge in [-0.15, -0.1) is 5.75 Å². The Kier molecular flexibility index (Phi) is 4.15. The Bertz CT molecular complexity index is 447. The van der Waals surface area contributed by atoms with E-state index in [4.69, 9.17) is 0 Å². The maximum Gasteiger partial charge on any atom is 0.181 e. The van der Waals surface area contributed by atoms with Gasteiger partial charge in [0.05, 0.1) is 11.9 Å². The number of aliphatic imine (C=N–C) groups is 1. The third kappa shape index (κ3) is 3.88. The Morgan fingerprint density at radius 1 is 1.38 bits per heavy atom. The molecule has 82 valence electrons. The summed E-state index contributed by atoms with van der Waals surface area (Å²) in [5, 5.41) is 10.8. The molecule has 1 aromatic carbocycles. The zero-order valence-corrected chi connectivity index (χ0v) is 8.39. The highest BCUT2D eigenvalue weighted by molar-refractivity contribution is 6.02. The summed E-state index contributed by atoms with van der Waals surface area (Å²) in [5.74, 6) is -1.44. The Labute approximate surface area is 92.3 Å². The maximum atomic E-state index is 13.0. The number of hydrogen-bond donors (Lipinski definition) is 0. The molecule has 0 atom stereocenters. The molecule has 1 rings (SSSR count). The van der Waals surface area contributed by atoms with Crippen molar-refractivity contribution in [2.24, 2.45) is 4.99 Å². The Hall–Kier alpha value is -2.23. The van der Waals surface area contributed by atoms with E-state index in [9.17, 15) is 14.3 Å². The number of benzene rings is 1. The zero-order chi connectivity index (χ0) is 12.0. The molecule has 0 bridgehead atoms. The lowest BCUT2D eigenvalue weighted by molar-refractivity contribution is -0.268.